The quantitative estimate of drug-likeness (QED) is 0.451. The molecule has 0 atom stereocenters. The molecule has 0 aromatic heterocycles. The normalized spacial score (nSPS) is 27.3. The van der Waals surface area contributed by atoms with Crippen LogP contribution in [0, 0.1) is 0 Å². The van der Waals surface area contributed by atoms with Crippen molar-refractivity contribution in [3.05, 3.63) is 0 Å². The molecular weight excluding hydrogens is 251 g/mol. The summed E-state index contributed by atoms with van der Waals surface area (Å²) < 4.78 is 2.42. The first-order chi connectivity index (χ1) is 4.41. The van der Waals surface area contributed by atoms with Crippen LogP contribution in [0.1, 0.15) is 0 Å². The number of rotatable bonds is 0. The lowest BCUT2D eigenvalue weighted by Gasteiger charge is -2.42. The highest BCUT2D eigenvalue weighted by Crippen LogP contribution is 2.09. The number of nitrogens with zero attached hydrogens (tertiary/aromatic N) is 2. The lowest BCUT2D eigenvalue weighted by molar-refractivity contribution is -0.998. The van der Waals surface area contributed by atoms with E-state index in [4.69, 9.17) is 0 Å². The van der Waals surface area contributed by atoms with Gasteiger partial charge in [0, 0.05) is 0 Å². The second kappa shape index (κ2) is 3.58. The summed E-state index contributed by atoms with van der Waals surface area (Å²) >= 11 is 0. The minimum Gasteiger partial charge on any atom is -0.319 e. The molecule has 0 unspecified atom stereocenters. The number of quaternary nitrogens is 2. The molecule has 0 aliphatic carbocycles. The van der Waals surface area contributed by atoms with E-state index in [-0.39, 0.29) is 24.0 Å². The van der Waals surface area contributed by atoms with Crippen LogP contribution in [0.3, 0.4) is 0 Å². The molecule has 0 N–H and O–H groups in total. The van der Waals surface area contributed by atoms with Crippen molar-refractivity contribution >= 4 is 24.0 Å². The highest BCUT2D eigenvalue weighted by atomic mass is 127. The van der Waals surface area contributed by atoms with Gasteiger partial charge in [0.05, 0.1) is 28.2 Å². The van der Waals surface area contributed by atoms with Crippen molar-refractivity contribution in [1.82, 2.24) is 0 Å². The van der Waals surface area contributed by atoms with Crippen molar-refractivity contribution in [3.63, 3.8) is 0 Å². The number of likely N-dealkylation sites (N-methyl/N-ethyl adjacent to an activating group) is 2. The lowest BCUT2D eigenvalue weighted by Crippen LogP contribution is -2.60. The summed E-state index contributed by atoms with van der Waals surface area (Å²) in [6.45, 7) is 5.31. The zero-order chi connectivity index (χ0) is 7.83. The van der Waals surface area contributed by atoms with Gasteiger partial charge in [-0.1, -0.05) is 0 Å². The second-order valence-electron chi connectivity index (χ2n) is 4.77. The summed E-state index contributed by atoms with van der Waals surface area (Å²) in [5.74, 6) is 0. The van der Waals surface area contributed by atoms with Crippen LogP contribution < -0.4 is 0 Å². The molecule has 0 radical (unpaired) electrons. The fourth-order valence-corrected chi connectivity index (χ4v) is 1.31. The standard InChI is InChI=1S/C8H20N2.HI/c1-9(2)5-7-10(3,4)8-6-9;/h5-8H2,1-4H3;1H/q+2;. The molecule has 68 valence electrons. The molecule has 11 heavy (non-hydrogen) atoms. The van der Waals surface area contributed by atoms with E-state index >= 15 is 0 Å². The molecule has 1 saturated heterocycles. The van der Waals surface area contributed by atoms with Gasteiger partial charge in [-0.05, 0) is 0 Å². The predicted octanol–water partition coefficient (Wildman–Crippen LogP) is 0.771. The van der Waals surface area contributed by atoms with Crippen molar-refractivity contribution in [2.24, 2.45) is 0 Å². The zero-order valence-electron chi connectivity index (χ0n) is 8.13. The Bertz CT molecular complexity index is 104. The highest BCUT2D eigenvalue weighted by Gasteiger charge is 2.30. The minimum atomic E-state index is 0. The molecule has 1 rings (SSSR count). The van der Waals surface area contributed by atoms with E-state index < -0.39 is 0 Å². The van der Waals surface area contributed by atoms with Gasteiger partial charge in [0.2, 0.25) is 0 Å². The number of halogens is 1. The van der Waals surface area contributed by atoms with Gasteiger partial charge < -0.3 is 8.97 Å². The molecule has 0 saturated carbocycles. The maximum Gasteiger partial charge on any atom is 0.128 e. The molecule has 1 aliphatic heterocycles. The molecule has 1 fully saturated rings. The largest absolute Gasteiger partial charge is 0.319 e. The maximum atomic E-state index is 2.32. The average molecular weight is 272 g/mol. The Hall–Kier alpha value is 0.650. The summed E-state index contributed by atoms with van der Waals surface area (Å²) in [5, 5.41) is 0. The molecule has 0 amide bonds. The Morgan fingerprint density at radius 1 is 0.636 bits per heavy atom. The molecule has 1 aliphatic rings. The Kier molecular flexibility index (Phi) is 3.79. The van der Waals surface area contributed by atoms with Crippen molar-refractivity contribution in [1.29, 1.82) is 0 Å². The monoisotopic (exact) mass is 272 g/mol. The second-order valence-corrected chi connectivity index (χ2v) is 4.77. The van der Waals surface area contributed by atoms with Gasteiger partial charge in [0.25, 0.3) is 0 Å². The van der Waals surface area contributed by atoms with E-state index in [1.807, 2.05) is 0 Å². The number of piperazine rings is 1. The molecule has 3 heteroatoms. The molecule has 1 heterocycles. The summed E-state index contributed by atoms with van der Waals surface area (Å²) in [5.41, 5.74) is 0. The first-order valence-corrected chi connectivity index (χ1v) is 4.05. The van der Waals surface area contributed by atoms with E-state index in [1.54, 1.807) is 0 Å². The van der Waals surface area contributed by atoms with Gasteiger partial charge in [-0.3, -0.25) is 0 Å². The van der Waals surface area contributed by atoms with Crippen LogP contribution in [0.25, 0.3) is 0 Å². The summed E-state index contributed by atoms with van der Waals surface area (Å²) in [7, 11) is 9.27. The van der Waals surface area contributed by atoms with Crippen LogP contribution >= 0.6 is 24.0 Å². The van der Waals surface area contributed by atoms with E-state index in [0.29, 0.717) is 0 Å². The van der Waals surface area contributed by atoms with Gasteiger partial charge >= 0.3 is 0 Å². The highest BCUT2D eigenvalue weighted by molar-refractivity contribution is 14.0. The number of hydrogen-bond donors (Lipinski definition) is 0. The first kappa shape index (κ1) is 11.6. The third-order valence-corrected chi connectivity index (χ3v) is 2.62. The third kappa shape index (κ3) is 3.71. The number of hydrogen-bond acceptors (Lipinski definition) is 0. The molecule has 2 nitrogen and oxygen atoms in total. The van der Waals surface area contributed by atoms with Crippen LogP contribution in [0.5, 0.6) is 0 Å². The molecule has 0 aromatic rings. The summed E-state index contributed by atoms with van der Waals surface area (Å²) in [4.78, 5) is 0. The fraction of sp³-hybridized carbons (Fsp3) is 1.00. The molecular formula is C8H21IN2+2. The first-order valence-electron chi connectivity index (χ1n) is 4.05. The Morgan fingerprint density at radius 2 is 0.818 bits per heavy atom. The van der Waals surface area contributed by atoms with E-state index in [9.17, 15) is 0 Å². The van der Waals surface area contributed by atoms with Crippen LogP contribution in [0.15, 0.2) is 0 Å². The Balaban J connectivity index is 0.000001000. The van der Waals surface area contributed by atoms with Crippen molar-refractivity contribution < 1.29 is 8.97 Å². The van der Waals surface area contributed by atoms with E-state index in [2.05, 4.69) is 28.2 Å². The molecule has 0 bridgehead atoms. The fourth-order valence-electron chi connectivity index (χ4n) is 1.31. The van der Waals surface area contributed by atoms with Gasteiger partial charge in [-0.2, -0.15) is 0 Å². The van der Waals surface area contributed by atoms with Gasteiger partial charge in [0.1, 0.15) is 26.2 Å². The molecule has 0 spiro atoms. The van der Waals surface area contributed by atoms with Crippen LogP contribution in [-0.2, 0) is 0 Å². The van der Waals surface area contributed by atoms with Crippen LogP contribution in [-0.4, -0.2) is 63.3 Å². The summed E-state index contributed by atoms with van der Waals surface area (Å²) in [6.07, 6.45) is 0. The van der Waals surface area contributed by atoms with Crippen molar-refractivity contribution in [2.45, 2.75) is 0 Å². The van der Waals surface area contributed by atoms with Gasteiger partial charge in [-0.25, -0.2) is 0 Å². The van der Waals surface area contributed by atoms with E-state index in [1.165, 1.54) is 35.1 Å². The average Bonchev–Trinajstić information content (AvgIpc) is 1.79. The Labute approximate surface area is 87.4 Å². The zero-order valence-corrected chi connectivity index (χ0v) is 10.5. The maximum absolute atomic E-state index is 2.32. The topological polar surface area (TPSA) is 0 Å². The van der Waals surface area contributed by atoms with Crippen LogP contribution in [0.4, 0.5) is 0 Å². The SMILES string of the molecule is C[N+]1(C)CC[N+](C)(C)CC1.I. The summed E-state index contributed by atoms with van der Waals surface area (Å²) in [6, 6.07) is 0. The predicted molar refractivity (Wildman–Crippen MR) is 59.1 cm³/mol. The van der Waals surface area contributed by atoms with Gasteiger partial charge in [-0.15, -0.1) is 24.0 Å². The minimum absolute atomic E-state index is 0. The molecule has 0 aromatic carbocycles. The van der Waals surface area contributed by atoms with Crippen molar-refractivity contribution in [3.8, 4) is 0 Å². The van der Waals surface area contributed by atoms with Crippen LogP contribution in [0.2, 0.25) is 0 Å². The Morgan fingerprint density at radius 3 is 1.00 bits per heavy atom. The lowest BCUT2D eigenvalue weighted by atomic mass is 10.2. The van der Waals surface area contributed by atoms with Crippen molar-refractivity contribution in [2.75, 3.05) is 54.4 Å². The van der Waals surface area contributed by atoms with Gasteiger partial charge in [0.15, 0.2) is 0 Å². The smallest absolute Gasteiger partial charge is 0.128 e. The third-order valence-electron chi connectivity index (χ3n) is 2.62. The van der Waals surface area contributed by atoms with E-state index in [0.717, 1.165) is 0 Å².